The first-order valence-corrected chi connectivity index (χ1v) is 19.4. The Bertz CT molecular complexity index is 922. The molecule has 8 unspecified atom stereocenters. The van der Waals surface area contributed by atoms with Crippen molar-refractivity contribution >= 4 is 23.9 Å². The third-order valence-electron chi connectivity index (χ3n) is 10.5. The Kier molecular flexibility index (Phi) is 17.0. The Morgan fingerprint density at radius 2 is 0.625 bits per heavy atom. The van der Waals surface area contributed by atoms with Crippen LogP contribution in [0.4, 0.5) is 0 Å². The first-order valence-electron chi connectivity index (χ1n) is 19.4. The molecule has 2 saturated heterocycles. The minimum Gasteiger partial charge on any atom is -0.465 e. The highest BCUT2D eigenvalue weighted by molar-refractivity contribution is 5.83. The van der Waals surface area contributed by atoms with Crippen molar-refractivity contribution in [2.24, 2.45) is 23.7 Å². The highest BCUT2D eigenvalue weighted by Gasteiger charge is 2.54. The summed E-state index contributed by atoms with van der Waals surface area (Å²) in [7, 11) is 0. The molecule has 274 valence electrons. The predicted octanol–water partition coefficient (Wildman–Crippen LogP) is 7.03. The van der Waals surface area contributed by atoms with Crippen molar-refractivity contribution in [1.29, 1.82) is 0 Å². The van der Waals surface area contributed by atoms with E-state index in [-0.39, 0.29) is 61.5 Å². The summed E-state index contributed by atoms with van der Waals surface area (Å²) in [4.78, 5) is 51.6. The van der Waals surface area contributed by atoms with Crippen LogP contribution < -0.4 is 0 Å². The van der Waals surface area contributed by atoms with Gasteiger partial charge in [0.15, 0.2) is 0 Å². The number of unbranched alkanes of at least 4 members (excludes halogenated alkanes) is 13. The molecule has 0 aromatic rings. The molecule has 10 heteroatoms. The van der Waals surface area contributed by atoms with Crippen LogP contribution in [-0.4, -0.2) is 74.7 Å². The van der Waals surface area contributed by atoms with Crippen LogP contribution in [0.2, 0.25) is 0 Å². The largest absolute Gasteiger partial charge is 0.465 e. The lowest BCUT2D eigenvalue weighted by molar-refractivity contribution is -0.162. The van der Waals surface area contributed by atoms with Gasteiger partial charge in [-0.15, -0.1) is 0 Å². The van der Waals surface area contributed by atoms with Gasteiger partial charge in [-0.2, -0.15) is 0 Å². The minimum atomic E-state index is -0.516. The lowest BCUT2D eigenvalue weighted by Gasteiger charge is -2.26. The van der Waals surface area contributed by atoms with E-state index < -0.39 is 23.7 Å². The Balaban J connectivity index is 1.05. The van der Waals surface area contributed by atoms with Gasteiger partial charge in [-0.1, -0.05) is 78.1 Å². The van der Waals surface area contributed by atoms with Gasteiger partial charge in [0.1, 0.15) is 0 Å². The average molecular weight is 679 g/mol. The van der Waals surface area contributed by atoms with Gasteiger partial charge in [0, 0.05) is 0 Å². The predicted molar refractivity (Wildman–Crippen MR) is 179 cm³/mol. The van der Waals surface area contributed by atoms with Crippen LogP contribution in [0.5, 0.6) is 0 Å². The fourth-order valence-corrected chi connectivity index (χ4v) is 7.33. The molecule has 0 amide bonds. The second-order valence-electron chi connectivity index (χ2n) is 14.4. The number of epoxide rings is 2. The van der Waals surface area contributed by atoms with Crippen LogP contribution in [0, 0.1) is 23.7 Å². The maximum atomic E-state index is 13.0. The zero-order chi connectivity index (χ0) is 34.1. The Morgan fingerprint density at radius 3 is 0.875 bits per heavy atom. The van der Waals surface area contributed by atoms with Gasteiger partial charge in [0.2, 0.25) is 0 Å². The van der Waals surface area contributed by atoms with E-state index in [0.717, 1.165) is 51.4 Å². The van der Waals surface area contributed by atoms with Gasteiger partial charge in [-0.05, 0) is 64.2 Å². The van der Waals surface area contributed by atoms with Crippen LogP contribution in [0.3, 0.4) is 0 Å². The second kappa shape index (κ2) is 21.1. The number of carbonyl (C=O) groups is 4. The van der Waals surface area contributed by atoms with Gasteiger partial charge in [-0.25, -0.2) is 0 Å². The van der Waals surface area contributed by atoms with E-state index in [0.29, 0.717) is 51.7 Å². The summed E-state index contributed by atoms with van der Waals surface area (Å²) in [5.41, 5.74) is 0. The van der Waals surface area contributed by atoms with Crippen molar-refractivity contribution in [3.8, 4) is 0 Å². The molecule has 48 heavy (non-hydrogen) atoms. The number of ether oxygens (including phenoxy) is 6. The van der Waals surface area contributed by atoms with Crippen molar-refractivity contribution in [3.05, 3.63) is 0 Å². The maximum Gasteiger partial charge on any atom is 0.309 e. The first kappa shape index (κ1) is 38.6. The number of hydrogen-bond donors (Lipinski definition) is 0. The van der Waals surface area contributed by atoms with E-state index in [2.05, 4.69) is 13.8 Å². The third kappa shape index (κ3) is 12.9. The molecule has 4 aliphatic rings. The van der Waals surface area contributed by atoms with Crippen molar-refractivity contribution in [2.75, 3.05) is 26.4 Å². The Hall–Kier alpha value is -2.20. The molecule has 0 bridgehead atoms. The summed E-state index contributed by atoms with van der Waals surface area (Å²) in [5, 5.41) is 0. The molecule has 4 rings (SSSR count). The summed E-state index contributed by atoms with van der Waals surface area (Å²) in [5.74, 6) is -3.32. The van der Waals surface area contributed by atoms with E-state index in [1.165, 1.54) is 38.5 Å². The van der Waals surface area contributed by atoms with Crippen molar-refractivity contribution in [1.82, 2.24) is 0 Å². The summed E-state index contributed by atoms with van der Waals surface area (Å²) in [6, 6.07) is 0. The highest BCUT2D eigenvalue weighted by Crippen LogP contribution is 2.45. The van der Waals surface area contributed by atoms with Crippen molar-refractivity contribution in [2.45, 2.75) is 167 Å². The number of rotatable bonds is 25. The van der Waals surface area contributed by atoms with Crippen LogP contribution in [0.1, 0.15) is 142 Å². The topological polar surface area (TPSA) is 130 Å². The van der Waals surface area contributed by atoms with Crippen molar-refractivity contribution < 1.29 is 47.6 Å². The van der Waals surface area contributed by atoms with Crippen LogP contribution in [0.25, 0.3) is 0 Å². The van der Waals surface area contributed by atoms with Gasteiger partial charge in [0.25, 0.3) is 0 Å². The summed E-state index contributed by atoms with van der Waals surface area (Å²) >= 11 is 0. The smallest absolute Gasteiger partial charge is 0.309 e. The molecule has 2 heterocycles. The van der Waals surface area contributed by atoms with E-state index in [1.54, 1.807) is 0 Å². The van der Waals surface area contributed by atoms with Crippen LogP contribution >= 0.6 is 0 Å². The third-order valence-corrected chi connectivity index (χ3v) is 10.5. The standard InChI is InChI=1S/C38H62O10/c1-3-5-7-9-11-15-19-43-35(39)27-23-31-33(47-31)25-29(27)37(41)45-21-17-13-14-18-22-46-38(42)30-26-34-32(48-34)24-28(30)36(40)44-20-16-12-10-8-6-4-2/h27-34H,3-26H2,1-2H3. The van der Waals surface area contributed by atoms with Crippen LogP contribution in [-0.2, 0) is 47.6 Å². The van der Waals surface area contributed by atoms with Gasteiger partial charge < -0.3 is 28.4 Å². The molecule has 2 aliphatic heterocycles. The lowest BCUT2D eigenvalue weighted by atomic mass is 9.79. The number of carbonyl (C=O) groups excluding carboxylic acids is 4. The van der Waals surface area contributed by atoms with E-state index >= 15 is 0 Å². The number of esters is 4. The normalized spacial score (nSPS) is 28.5. The quantitative estimate of drug-likeness (QED) is 0.0429. The summed E-state index contributed by atoms with van der Waals surface area (Å²) in [6.07, 6.45) is 18.7. The van der Waals surface area contributed by atoms with Crippen molar-refractivity contribution in [3.63, 3.8) is 0 Å². The molecule has 0 spiro atoms. The van der Waals surface area contributed by atoms with Gasteiger partial charge in [-0.3, -0.25) is 19.2 Å². The zero-order valence-electron chi connectivity index (χ0n) is 29.7. The molecule has 0 N–H and O–H groups in total. The number of hydrogen-bond acceptors (Lipinski definition) is 10. The van der Waals surface area contributed by atoms with Gasteiger partial charge >= 0.3 is 23.9 Å². The first-order chi connectivity index (χ1) is 23.4. The molecule has 10 nitrogen and oxygen atoms in total. The molecule has 0 aromatic carbocycles. The zero-order valence-corrected chi connectivity index (χ0v) is 29.7. The second-order valence-corrected chi connectivity index (χ2v) is 14.4. The maximum absolute atomic E-state index is 13.0. The molecular formula is C38H62O10. The molecular weight excluding hydrogens is 616 g/mol. The van der Waals surface area contributed by atoms with E-state index in [4.69, 9.17) is 28.4 Å². The van der Waals surface area contributed by atoms with Gasteiger partial charge in [0.05, 0.1) is 74.5 Å². The summed E-state index contributed by atoms with van der Waals surface area (Å²) in [6.45, 7) is 5.75. The SMILES string of the molecule is CCCCCCCCOC(=O)C1CC2OC2CC1C(=O)OCCCCCCOC(=O)C1CC2OC2CC1C(=O)OCCCCCCCC. The number of fused-ring (bicyclic) bond motifs is 2. The molecule has 2 aliphatic carbocycles. The molecule has 8 atom stereocenters. The monoisotopic (exact) mass is 678 g/mol. The Morgan fingerprint density at radius 1 is 0.396 bits per heavy atom. The van der Waals surface area contributed by atoms with E-state index in [1.807, 2.05) is 0 Å². The summed E-state index contributed by atoms with van der Waals surface area (Å²) < 4.78 is 33.6. The molecule has 0 radical (unpaired) electrons. The fraction of sp³-hybridized carbons (Fsp3) is 0.895. The molecule has 4 fully saturated rings. The minimum absolute atomic E-state index is 0.0470. The molecule has 2 saturated carbocycles. The van der Waals surface area contributed by atoms with E-state index in [9.17, 15) is 19.2 Å². The molecule has 0 aromatic heterocycles. The highest BCUT2D eigenvalue weighted by atomic mass is 16.6. The fourth-order valence-electron chi connectivity index (χ4n) is 7.33. The average Bonchev–Trinajstić information content (AvgIpc) is 4.02. The Labute approximate surface area is 288 Å². The lowest BCUT2D eigenvalue weighted by Crippen LogP contribution is -2.38. The van der Waals surface area contributed by atoms with Crippen LogP contribution in [0.15, 0.2) is 0 Å².